The first-order valence-electron chi connectivity index (χ1n) is 9.09. The molecule has 0 saturated heterocycles. The van der Waals surface area contributed by atoms with Crippen LogP contribution in [0.1, 0.15) is 11.3 Å². The number of hydrogen-bond acceptors (Lipinski definition) is 5. The van der Waals surface area contributed by atoms with E-state index in [4.69, 9.17) is 20.8 Å². The molecule has 0 bridgehead atoms. The smallest absolute Gasteiger partial charge is 0.241 e. The van der Waals surface area contributed by atoms with Gasteiger partial charge >= 0.3 is 0 Å². The van der Waals surface area contributed by atoms with Crippen molar-refractivity contribution in [1.29, 1.82) is 0 Å². The highest BCUT2D eigenvalue weighted by atomic mass is 35.5. The molecule has 0 saturated carbocycles. The molecule has 2 N–H and O–H groups in total. The largest absolute Gasteiger partial charge is 0.495 e. The van der Waals surface area contributed by atoms with E-state index >= 15 is 0 Å². The van der Waals surface area contributed by atoms with Gasteiger partial charge in [0.15, 0.2) is 0 Å². The van der Waals surface area contributed by atoms with E-state index in [1.54, 1.807) is 12.1 Å². The number of halogens is 1. The number of hydrogen-bond donors (Lipinski definition) is 2. The van der Waals surface area contributed by atoms with Gasteiger partial charge in [-0.05, 0) is 42.3 Å². The molecule has 7 nitrogen and oxygen atoms in total. The highest BCUT2D eigenvalue weighted by Crippen LogP contribution is 2.27. The van der Waals surface area contributed by atoms with Gasteiger partial charge in [-0.15, -0.1) is 0 Å². The van der Waals surface area contributed by atoms with Gasteiger partial charge < -0.3 is 14.5 Å². The standard InChI is InChI=1S/C21H21ClN2O5S/c1-28-20-10-9-17(13-18(20)22)30(26,27)24-19(12-15-6-3-2-4-7-15)21(25)23-14-16-8-5-11-29-16/h2-11,13,19,24H,12,14H2,1H3,(H,23,25). The van der Waals surface area contributed by atoms with Crippen LogP contribution in [0.2, 0.25) is 5.02 Å². The first-order chi connectivity index (χ1) is 14.4. The van der Waals surface area contributed by atoms with Gasteiger partial charge in [-0.2, -0.15) is 4.72 Å². The van der Waals surface area contributed by atoms with Crippen molar-refractivity contribution in [3.8, 4) is 5.75 Å². The third-order valence-corrected chi connectivity index (χ3v) is 6.11. The fourth-order valence-corrected chi connectivity index (χ4v) is 4.36. The van der Waals surface area contributed by atoms with Crippen molar-refractivity contribution < 1.29 is 22.4 Å². The lowest BCUT2D eigenvalue weighted by atomic mass is 10.1. The van der Waals surface area contributed by atoms with Crippen LogP contribution in [0.4, 0.5) is 0 Å². The van der Waals surface area contributed by atoms with E-state index < -0.39 is 22.0 Å². The van der Waals surface area contributed by atoms with Crippen LogP contribution < -0.4 is 14.8 Å². The molecule has 0 aliphatic carbocycles. The molecular weight excluding hydrogens is 428 g/mol. The summed E-state index contributed by atoms with van der Waals surface area (Å²) in [4.78, 5) is 12.7. The maximum atomic E-state index is 12.9. The monoisotopic (exact) mass is 448 g/mol. The molecule has 0 spiro atoms. The summed E-state index contributed by atoms with van der Waals surface area (Å²) >= 11 is 6.06. The third-order valence-electron chi connectivity index (χ3n) is 4.35. The lowest BCUT2D eigenvalue weighted by molar-refractivity contribution is -0.122. The third kappa shape index (κ3) is 5.63. The number of ether oxygens (including phenoxy) is 1. The van der Waals surface area contributed by atoms with Crippen LogP contribution in [0, 0.1) is 0 Å². The normalized spacial score (nSPS) is 12.3. The highest BCUT2D eigenvalue weighted by Gasteiger charge is 2.26. The fourth-order valence-electron chi connectivity index (χ4n) is 2.82. The number of benzene rings is 2. The Balaban J connectivity index is 1.81. The molecule has 1 heterocycles. The maximum absolute atomic E-state index is 12.9. The summed E-state index contributed by atoms with van der Waals surface area (Å²) in [6, 6.07) is 15.6. The Hall–Kier alpha value is -2.81. The van der Waals surface area contributed by atoms with E-state index in [2.05, 4.69) is 10.0 Å². The molecule has 3 aromatic rings. The summed E-state index contributed by atoms with van der Waals surface area (Å²) in [5, 5.41) is 2.86. The Kier molecular flexibility index (Phi) is 7.15. The number of amides is 1. The number of furan rings is 1. The van der Waals surface area contributed by atoms with E-state index in [1.807, 2.05) is 30.3 Å². The van der Waals surface area contributed by atoms with Gasteiger partial charge in [0.2, 0.25) is 15.9 Å². The van der Waals surface area contributed by atoms with Crippen molar-refractivity contribution >= 4 is 27.5 Å². The molecule has 0 aliphatic rings. The second-order valence-corrected chi connectivity index (χ2v) is 8.58. The van der Waals surface area contributed by atoms with Crippen LogP contribution in [-0.4, -0.2) is 27.5 Å². The summed E-state index contributed by atoms with van der Waals surface area (Å²) in [6.07, 6.45) is 1.67. The second-order valence-electron chi connectivity index (χ2n) is 6.46. The number of carbonyl (C=O) groups is 1. The molecule has 1 unspecified atom stereocenters. The molecule has 0 aliphatic heterocycles. The van der Waals surface area contributed by atoms with Crippen LogP contribution in [0.25, 0.3) is 0 Å². The molecule has 1 aromatic heterocycles. The van der Waals surface area contributed by atoms with Crippen LogP contribution in [0.3, 0.4) is 0 Å². The fraction of sp³-hybridized carbons (Fsp3) is 0.190. The van der Waals surface area contributed by atoms with Gasteiger partial charge in [-0.3, -0.25) is 4.79 Å². The summed E-state index contributed by atoms with van der Waals surface area (Å²) in [7, 11) is -2.58. The van der Waals surface area contributed by atoms with Crippen molar-refractivity contribution in [2.45, 2.75) is 23.9 Å². The molecule has 0 fully saturated rings. The van der Waals surface area contributed by atoms with Gasteiger partial charge in [0, 0.05) is 0 Å². The van der Waals surface area contributed by atoms with E-state index in [9.17, 15) is 13.2 Å². The van der Waals surface area contributed by atoms with Crippen molar-refractivity contribution in [3.63, 3.8) is 0 Å². The zero-order valence-corrected chi connectivity index (χ0v) is 17.7. The number of sulfonamides is 1. The number of methoxy groups -OCH3 is 1. The van der Waals surface area contributed by atoms with Gasteiger partial charge in [-0.1, -0.05) is 41.9 Å². The summed E-state index contributed by atoms with van der Waals surface area (Å²) in [5.74, 6) is 0.442. The quantitative estimate of drug-likeness (QED) is 0.524. The van der Waals surface area contributed by atoms with Gasteiger partial charge in [0.1, 0.15) is 17.6 Å². The van der Waals surface area contributed by atoms with E-state index in [0.717, 1.165) is 5.56 Å². The molecular formula is C21H21ClN2O5S. The van der Waals surface area contributed by atoms with Gasteiger partial charge in [0.05, 0.1) is 29.8 Å². The predicted octanol–water partition coefficient (Wildman–Crippen LogP) is 3.15. The highest BCUT2D eigenvalue weighted by molar-refractivity contribution is 7.89. The van der Waals surface area contributed by atoms with Crippen LogP contribution in [0.15, 0.2) is 76.2 Å². The Morgan fingerprint density at radius 2 is 1.90 bits per heavy atom. The zero-order valence-electron chi connectivity index (χ0n) is 16.2. The van der Waals surface area contributed by atoms with Crippen LogP contribution in [-0.2, 0) is 27.8 Å². The molecule has 3 rings (SSSR count). The zero-order chi connectivity index (χ0) is 21.6. The molecule has 0 radical (unpaired) electrons. The second kappa shape index (κ2) is 9.80. The lowest BCUT2D eigenvalue weighted by Gasteiger charge is -2.19. The summed E-state index contributed by atoms with van der Waals surface area (Å²) in [5.41, 5.74) is 0.811. The van der Waals surface area contributed by atoms with Crippen molar-refractivity contribution in [2.24, 2.45) is 0 Å². The molecule has 1 amide bonds. The first kappa shape index (κ1) is 21.9. The number of nitrogens with one attached hydrogen (secondary N) is 2. The Morgan fingerprint density at radius 1 is 1.13 bits per heavy atom. The molecule has 9 heteroatoms. The van der Waals surface area contributed by atoms with Gasteiger partial charge in [-0.25, -0.2) is 8.42 Å². The average molecular weight is 449 g/mol. The predicted molar refractivity (Wildman–Crippen MR) is 113 cm³/mol. The van der Waals surface area contributed by atoms with Gasteiger partial charge in [0.25, 0.3) is 0 Å². The Morgan fingerprint density at radius 3 is 2.53 bits per heavy atom. The summed E-state index contributed by atoms with van der Waals surface area (Å²) in [6.45, 7) is 0.146. The number of carbonyl (C=O) groups excluding carboxylic acids is 1. The summed E-state index contributed by atoms with van der Waals surface area (Å²) < 4.78 is 38.6. The van der Waals surface area contributed by atoms with Crippen LogP contribution in [0.5, 0.6) is 5.75 Å². The lowest BCUT2D eigenvalue weighted by Crippen LogP contribution is -2.47. The van der Waals surface area contributed by atoms with E-state index in [1.165, 1.54) is 31.6 Å². The minimum atomic E-state index is -4.02. The Bertz CT molecular complexity index is 1090. The SMILES string of the molecule is COc1ccc(S(=O)(=O)NC(Cc2ccccc2)C(=O)NCc2ccco2)cc1Cl. The Labute approximate surface area is 180 Å². The van der Waals surface area contributed by atoms with Crippen molar-refractivity contribution in [3.05, 3.63) is 83.3 Å². The van der Waals surface area contributed by atoms with Crippen LogP contribution >= 0.6 is 11.6 Å². The van der Waals surface area contributed by atoms with E-state index in [0.29, 0.717) is 11.5 Å². The minimum Gasteiger partial charge on any atom is -0.495 e. The molecule has 30 heavy (non-hydrogen) atoms. The molecule has 1 atom stereocenters. The van der Waals surface area contributed by atoms with Crippen molar-refractivity contribution in [1.82, 2.24) is 10.0 Å². The minimum absolute atomic E-state index is 0.0646. The molecule has 2 aromatic carbocycles. The van der Waals surface area contributed by atoms with E-state index in [-0.39, 0.29) is 22.9 Å². The topological polar surface area (TPSA) is 97.6 Å². The first-order valence-corrected chi connectivity index (χ1v) is 10.9. The number of rotatable bonds is 9. The maximum Gasteiger partial charge on any atom is 0.241 e. The van der Waals surface area contributed by atoms with Crippen molar-refractivity contribution in [2.75, 3.05) is 7.11 Å². The average Bonchev–Trinajstić information content (AvgIpc) is 3.26. The molecule has 158 valence electrons.